The number of hydrogen-bond donors (Lipinski definition) is 1. The number of carbonyl (C=O) groups is 1. The number of nitrogens with one attached hydrogen (secondary N) is 1. The van der Waals surface area contributed by atoms with Gasteiger partial charge in [-0.3, -0.25) is 4.79 Å². The van der Waals surface area contributed by atoms with Gasteiger partial charge in [-0.1, -0.05) is 29.5 Å². The molecule has 0 aliphatic carbocycles. The van der Waals surface area contributed by atoms with Gasteiger partial charge in [0, 0.05) is 18.7 Å². The molecule has 3 aromatic rings. The second-order valence-electron chi connectivity index (χ2n) is 7.41. The molecule has 1 saturated heterocycles. The first kappa shape index (κ1) is 23.1. The summed E-state index contributed by atoms with van der Waals surface area (Å²) in [6.07, 6.45) is -4.48. The summed E-state index contributed by atoms with van der Waals surface area (Å²) in [7, 11) is 0. The Hall–Kier alpha value is -3.05. The first-order valence-electron chi connectivity index (χ1n) is 10.2. The molecule has 11 heteroatoms. The minimum Gasteiger partial charge on any atom is -0.411 e. The van der Waals surface area contributed by atoms with Crippen LogP contribution in [0.3, 0.4) is 0 Å². The van der Waals surface area contributed by atoms with Gasteiger partial charge in [0.25, 0.3) is 5.22 Å². The Labute approximate surface area is 192 Å². The molecule has 1 aliphatic heterocycles. The lowest BCUT2D eigenvalue weighted by Crippen LogP contribution is -2.37. The van der Waals surface area contributed by atoms with Crippen molar-refractivity contribution in [1.29, 1.82) is 0 Å². The van der Waals surface area contributed by atoms with Crippen molar-refractivity contribution in [2.45, 2.75) is 18.3 Å². The Morgan fingerprint density at radius 3 is 2.67 bits per heavy atom. The number of anilines is 2. The van der Waals surface area contributed by atoms with Crippen LogP contribution in [-0.4, -0.2) is 48.2 Å². The van der Waals surface area contributed by atoms with Gasteiger partial charge in [0.05, 0.1) is 35.9 Å². The third kappa shape index (κ3) is 5.85. The van der Waals surface area contributed by atoms with Crippen LogP contribution in [0.25, 0.3) is 11.5 Å². The Balaban J connectivity index is 1.44. The van der Waals surface area contributed by atoms with Crippen molar-refractivity contribution in [3.05, 3.63) is 53.6 Å². The zero-order valence-corrected chi connectivity index (χ0v) is 18.5. The van der Waals surface area contributed by atoms with Crippen molar-refractivity contribution < 1.29 is 27.1 Å². The van der Waals surface area contributed by atoms with Gasteiger partial charge in [-0.25, -0.2) is 0 Å². The van der Waals surface area contributed by atoms with Crippen LogP contribution in [0.5, 0.6) is 0 Å². The molecule has 0 unspecified atom stereocenters. The number of ether oxygens (including phenoxy) is 1. The number of halogens is 3. The number of alkyl halides is 3. The number of aryl methyl sites for hydroxylation is 1. The fraction of sp³-hybridized carbons (Fsp3) is 0.318. The molecule has 0 bridgehead atoms. The Morgan fingerprint density at radius 2 is 1.94 bits per heavy atom. The molecule has 1 aliphatic rings. The highest BCUT2D eigenvalue weighted by molar-refractivity contribution is 7.99. The van der Waals surface area contributed by atoms with Gasteiger partial charge in [0.15, 0.2) is 0 Å². The van der Waals surface area contributed by atoms with E-state index in [0.717, 1.165) is 35.0 Å². The minimum atomic E-state index is -4.48. The highest BCUT2D eigenvalue weighted by atomic mass is 32.2. The smallest absolute Gasteiger partial charge is 0.411 e. The lowest BCUT2D eigenvalue weighted by atomic mass is 10.1. The zero-order valence-electron chi connectivity index (χ0n) is 17.7. The largest absolute Gasteiger partial charge is 0.416 e. The van der Waals surface area contributed by atoms with Crippen LogP contribution in [0.4, 0.5) is 24.5 Å². The third-order valence-electron chi connectivity index (χ3n) is 4.95. The van der Waals surface area contributed by atoms with Crippen molar-refractivity contribution >= 4 is 29.0 Å². The fourth-order valence-corrected chi connectivity index (χ4v) is 3.92. The van der Waals surface area contributed by atoms with Crippen LogP contribution in [0.1, 0.15) is 11.1 Å². The van der Waals surface area contributed by atoms with Crippen molar-refractivity contribution in [1.82, 2.24) is 10.2 Å². The lowest BCUT2D eigenvalue weighted by molar-refractivity contribution is -0.137. The normalized spacial score (nSPS) is 14.4. The highest BCUT2D eigenvalue weighted by Gasteiger charge is 2.32. The third-order valence-corrected chi connectivity index (χ3v) is 5.77. The maximum absolute atomic E-state index is 13.2. The van der Waals surface area contributed by atoms with Crippen LogP contribution >= 0.6 is 11.8 Å². The molecule has 7 nitrogen and oxygen atoms in total. The molecular weight excluding hydrogens is 457 g/mol. The molecule has 1 aromatic heterocycles. The molecule has 2 aromatic carbocycles. The summed E-state index contributed by atoms with van der Waals surface area (Å²) in [6, 6.07) is 10.9. The van der Waals surface area contributed by atoms with Crippen LogP contribution in [0.2, 0.25) is 0 Å². The molecule has 0 saturated carbocycles. The lowest BCUT2D eigenvalue weighted by Gasteiger charge is -2.31. The number of hydrogen-bond acceptors (Lipinski definition) is 7. The van der Waals surface area contributed by atoms with Crippen molar-refractivity contribution in [3.8, 4) is 11.5 Å². The maximum atomic E-state index is 13.2. The molecule has 33 heavy (non-hydrogen) atoms. The number of aromatic nitrogens is 2. The number of morpholine rings is 1. The average Bonchev–Trinajstić information content (AvgIpc) is 3.27. The van der Waals surface area contributed by atoms with Gasteiger partial charge < -0.3 is 19.4 Å². The Kier molecular flexibility index (Phi) is 6.89. The zero-order chi connectivity index (χ0) is 23.4. The molecule has 4 rings (SSSR count). The fourth-order valence-electron chi connectivity index (χ4n) is 3.36. The quantitative estimate of drug-likeness (QED) is 0.518. The maximum Gasteiger partial charge on any atom is 0.416 e. The number of nitrogens with zero attached hydrogens (tertiary/aromatic N) is 3. The summed E-state index contributed by atoms with van der Waals surface area (Å²) in [5.41, 5.74) is 1.67. The first-order chi connectivity index (χ1) is 15.8. The Bertz CT molecular complexity index is 1130. The summed E-state index contributed by atoms with van der Waals surface area (Å²) in [5, 5.41) is 10.9. The minimum absolute atomic E-state index is 0.0426. The molecule has 0 spiro atoms. The molecular formula is C22H21F3N4O3S. The van der Waals surface area contributed by atoms with Gasteiger partial charge >= 0.3 is 6.18 Å². The van der Waals surface area contributed by atoms with Crippen molar-refractivity contribution in [2.24, 2.45) is 0 Å². The van der Waals surface area contributed by atoms with Gasteiger partial charge in [-0.2, -0.15) is 13.2 Å². The van der Waals surface area contributed by atoms with Crippen LogP contribution < -0.4 is 10.2 Å². The predicted octanol–water partition coefficient (Wildman–Crippen LogP) is 4.63. The molecule has 2 heterocycles. The van der Waals surface area contributed by atoms with E-state index >= 15 is 0 Å². The van der Waals surface area contributed by atoms with E-state index in [0.29, 0.717) is 43.6 Å². The predicted molar refractivity (Wildman–Crippen MR) is 118 cm³/mol. The van der Waals surface area contributed by atoms with E-state index in [1.165, 1.54) is 6.07 Å². The van der Waals surface area contributed by atoms with Crippen LogP contribution in [0.15, 0.2) is 52.1 Å². The van der Waals surface area contributed by atoms with Gasteiger partial charge in [-0.15, -0.1) is 10.2 Å². The van der Waals surface area contributed by atoms with Crippen molar-refractivity contribution in [2.75, 3.05) is 42.3 Å². The van der Waals surface area contributed by atoms with Crippen LogP contribution in [-0.2, 0) is 15.7 Å². The topological polar surface area (TPSA) is 80.5 Å². The highest BCUT2D eigenvalue weighted by Crippen LogP contribution is 2.36. The molecule has 0 atom stereocenters. The SMILES string of the molecule is Cc1cccc(-c2nnc(SCC(=O)Nc3ccc(C(F)(F)F)cc3N3CCOCC3)o2)c1. The summed E-state index contributed by atoms with van der Waals surface area (Å²) in [5.74, 6) is -0.0949. The first-order valence-corrected chi connectivity index (χ1v) is 11.2. The number of rotatable bonds is 6. The van der Waals surface area contributed by atoms with E-state index in [4.69, 9.17) is 9.15 Å². The number of carbonyl (C=O) groups excluding carboxylic acids is 1. The van der Waals surface area contributed by atoms with Gasteiger partial charge in [-0.05, 0) is 37.3 Å². The second kappa shape index (κ2) is 9.84. The van der Waals surface area contributed by atoms with E-state index < -0.39 is 17.6 Å². The summed E-state index contributed by atoms with van der Waals surface area (Å²) >= 11 is 1.05. The number of thioether (sulfide) groups is 1. The summed E-state index contributed by atoms with van der Waals surface area (Å²) < 4.78 is 50.6. The molecule has 0 radical (unpaired) electrons. The second-order valence-corrected chi connectivity index (χ2v) is 8.34. The monoisotopic (exact) mass is 478 g/mol. The standard InChI is InChI=1S/C22H21F3N4O3S/c1-14-3-2-4-15(11-14)20-27-28-21(32-20)33-13-19(30)26-17-6-5-16(22(23,24)25)12-18(17)29-7-9-31-10-8-29/h2-6,11-12H,7-10,13H2,1H3,(H,26,30). The summed E-state index contributed by atoms with van der Waals surface area (Å²) in [4.78, 5) is 14.3. The van der Waals surface area contributed by atoms with E-state index in [9.17, 15) is 18.0 Å². The number of benzene rings is 2. The van der Waals surface area contributed by atoms with E-state index in [1.54, 1.807) is 4.90 Å². The average molecular weight is 478 g/mol. The molecule has 1 fully saturated rings. The molecule has 1 N–H and O–H groups in total. The van der Waals surface area contributed by atoms with Crippen molar-refractivity contribution in [3.63, 3.8) is 0 Å². The van der Waals surface area contributed by atoms with Gasteiger partial charge in [0.2, 0.25) is 11.8 Å². The summed E-state index contributed by atoms with van der Waals surface area (Å²) in [6.45, 7) is 3.62. The number of amides is 1. The van der Waals surface area contributed by atoms with E-state index in [1.807, 2.05) is 31.2 Å². The van der Waals surface area contributed by atoms with E-state index in [-0.39, 0.29) is 11.0 Å². The molecule has 174 valence electrons. The Morgan fingerprint density at radius 1 is 1.15 bits per heavy atom. The molecule has 1 amide bonds. The van der Waals surface area contributed by atoms with Gasteiger partial charge in [0.1, 0.15) is 0 Å². The van der Waals surface area contributed by atoms with E-state index in [2.05, 4.69) is 15.5 Å². The van der Waals surface area contributed by atoms with Crippen LogP contribution in [0, 0.1) is 6.92 Å².